The molecule has 2 heterocycles. The maximum Gasteiger partial charge on any atom is 0.377 e. The lowest BCUT2D eigenvalue weighted by Gasteiger charge is -1.95. The summed E-state index contributed by atoms with van der Waals surface area (Å²) in [4.78, 5) is 25.5. The molecule has 8 heteroatoms. The van der Waals surface area contributed by atoms with Crippen LogP contribution in [-0.4, -0.2) is 38.9 Å². The van der Waals surface area contributed by atoms with E-state index >= 15 is 0 Å². The Morgan fingerprint density at radius 3 is 2.94 bits per heavy atom. The van der Waals surface area contributed by atoms with E-state index in [0.29, 0.717) is 5.76 Å². The highest BCUT2D eigenvalue weighted by Gasteiger charge is 2.13. The van der Waals surface area contributed by atoms with Crippen molar-refractivity contribution >= 4 is 11.9 Å². The maximum absolute atomic E-state index is 11.1. The molecule has 0 saturated carbocycles. The zero-order valence-electron chi connectivity index (χ0n) is 9.36. The number of carboxylic acids is 1. The van der Waals surface area contributed by atoms with E-state index in [1.807, 2.05) is 0 Å². The number of carbonyl (C=O) groups excluding carboxylic acids is 1. The second-order valence-corrected chi connectivity index (χ2v) is 3.36. The molecule has 0 amide bonds. The Balaban J connectivity index is 2.11. The first kappa shape index (κ1) is 11.8. The van der Waals surface area contributed by atoms with Gasteiger partial charge in [-0.05, 0) is 6.07 Å². The summed E-state index contributed by atoms with van der Waals surface area (Å²) >= 11 is 0. The number of hydrogen-bond donors (Lipinski definition) is 1. The van der Waals surface area contributed by atoms with Gasteiger partial charge in [0.05, 0.1) is 12.7 Å². The van der Waals surface area contributed by atoms with Gasteiger partial charge < -0.3 is 14.3 Å². The molecule has 2 aromatic rings. The molecular weight excluding hydrogens is 242 g/mol. The minimum atomic E-state index is -1.07. The average molecular weight is 251 g/mol. The monoisotopic (exact) mass is 251 g/mol. The van der Waals surface area contributed by atoms with Crippen LogP contribution in [-0.2, 0) is 11.3 Å². The predicted octanol–water partition coefficient (Wildman–Crippen LogP) is 0.404. The van der Waals surface area contributed by atoms with Crippen LogP contribution in [0.3, 0.4) is 0 Å². The lowest BCUT2D eigenvalue weighted by Crippen LogP contribution is -2.06. The second-order valence-electron chi connectivity index (χ2n) is 3.36. The summed E-state index contributed by atoms with van der Waals surface area (Å²) in [5.41, 5.74) is 0.0540. The molecule has 0 bridgehead atoms. The molecule has 0 aliphatic carbocycles. The van der Waals surface area contributed by atoms with Crippen LogP contribution in [0.5, 0.6) is 0 Å². The molecule has 0 aliphatic heterocycles. The Hall–Kier alpha value is -2.64. The van der Waals surface area contributed by atoms with Gasteiger partial charge in [-0.2, -0.15) is 0 Å². The quantitative estimate of drug-likeness (QED) is 0.783. The van der Waals surface area contributed by atoms with Crippen molar-refractivity contribution in [3.05, 3.63) is 35.8 Å². The van der Waals surface area contributed by atoms with Gasteiger partial charge in [-0.3, -0.25) is 0 Å². The fourth-order valence-electron chi connectivity index (χ4n) is 1.29. The van der Waals surface area contributed by atoms with E-state index in [1.165, 1.54) is 24.2 Å². The Labute approximate surface area is 101 Å². The molecule has 2 rings (SSSR count). The molecule has 1 N–H and O–H groups in total. The first-order chi connectivity index (χ1) is 8.60. The normalized spacial score (nSPS) is 10.3. The smallest absolute Gasteiger partial charge is 0.377 e. The van der Waals surface area contributed by atoms with Crippen LogP contribution in [0.1, 0.15) is 26.7 Å². The van der Waals surface area contributed by atoms with Crippen molar-refractivity contribution in [3.63, 3.8) is 0 Å². The number of carbonyl (C=O) groups is 2. The molecular formula is C10H9N3O5. The largest absolute Gasteiger partial charge is 0.478 e. The van der Waals surface area contributed by atoms with Gasteiger partial charge in [0.25, 0.3) is 5.82 Å². The third kappa shape index (κ3) is 2.37. The Bertz CT molecular complexity index is 586. The zero-order valence-corrected chi connectivity index (χ0v) is 9.36. The van der Waals surface area contributed by atoms with E-state index in [2.05, 4.69) is 14.8 Å². The van der Waals surface area contributed by atoms with Crippen molar-refractivity contribution in [1.82, 2.24) is 14.8 Å². The van der Waals surface area contributed by atoms with E-state index in [9.17, 15) is 9.59 Å². The van der Waals surface area contributed by atoms with Crippen LogP contribution in [0.25, 0.3) is 0 Å². The molecule has 0 aromatic carbocycles. The first-order valence-electron chi connectivity index (χ1n) is 4.88. The highest BCUT2D eigenvalue weighted by Crippen LogP contribution is 2.09. The number of methoxy groups -OCH3 is 1. The van der Waals surface area contributed by atoms with Crippen molar-refractivity contribution in [2.75, 3.05) is 7.11 Å². The minimum Gasteiger partial charge on any atom is -0.478 e. The van der Waals surface area contributed by atoms with Gasteiger partial charge in [0.2, 0.25) is 0 Å². The Morgan fingerprint density at radius 2 is 2.33 bits per heavy atom. The third-order valence-corrected chi connectivity index (χ3v) is 2.12. The van der Waals surface area contributed by atoms with Gasteiger partial charge in [0.1, 0.15) is 24.9 Å². The van der Waals surface area contributed by atoms with Gasteiger partial charge >= 0.3 is 11.9 Å². The van der Waals surface area contributed by atoms with E-state index in [4.69, 9.17) is 9.52 Å². The minimum absolute atomic E-state index is 0.0540. The molecule has 94 valence electrons. The summed E-state index contributed by atoms with van der Waals surface area (Å²) in [6.45, 7) is 0.178. The Morgan fingerprint density at radius 1 is 1.56 bits per heavy atom. The van der Waals surface area contributed by atoms with Crippen LogP contribution in [0.15, 0.2) is 23.1 Å². The molecule has 8 nitrogen and oxygen atoms in total. The summed E-state index contributed by atoms with van der Waals surface area (Å²) in [7, 11) is 1.23. The number of aromatic nitrogens is 3. The van der Waals surface area contributed by atoms with Crippen LogP contribution in [0.4, 0.5) is 0 Å². The molecule has 0 radical (unpaired) electrons. The highest BCUT2D eigenvalue weighted by atomic mass is 16.5. The average Bonchev–Trinajstić information content (AvgIpc) is 2.98. The molecule has 0 atom stereocenters. The van der Waals surface area contributed by atoms with Gasteiger partial charge in [-0.25, -0.2) is 19.3 Å². The SMILES string of the molecule is COC(=O)c1ncn(Cc2cc(C(=O)O)co2)n1. The number of carboxylic acid groups (broad SMARTS) is 1. The third-order valence-electron chi connectivity index (χ3n) is 2.12. The molecule has 18 heavy (non-hydrogen) atoms. The fraction of sp³-hybridized carbons (Fsp3) is 0.200. The standard InChI is InChI=1S/C10H9N3O5/c1-17-10(16)8-11-5-13(12-8)3-7-2-6(4-18-7)9(14)15/h2,4-5H,3H2,1H3,(H,14,15). The number of nitrogens with zero attached hydrogens (tertiary/aromatic N) is 3. The summed E-state index contributed by atoms with van der Waals surface area (Å²) in [5, 5.41) is 12.6. The lowest BCUT2D eigenvalue weighted by molar-refractivity contribution is 0.0585. The number of ether oxygens (including phenoxy) is 1. The van der Waals surface area contributed by atoms with E-state index < -0.39 is 11.9 Å². The molecule has 2 aromatic heterocycles. The van der Waals surface area contributed by atoms with Crippen molar-refractivity contribution in [2.45, 2.75) is 6.54 Å². The molecule has 0 fully saturated rings. The summed E-state index contributed by atoms with van der Waals surface area (Å²) in [5.74, 6) is -1.38. The number of hydrogen-bond acceptors (Lipinski definition) is 6. The van der Waals surface area contributed by atoms with E-state index in [1.54, 1.807) is 0 Å². The molecule has 0 aliphatic rings. The fourth-order valence-corrected chi connectivity index (χ4v) is 1.29. The number of aromatic carboxylic acids is 1. The first-order valence-corrected chi connectivity index (χ1v) is 4.88. The summed E-state index contributed by atoms with van der Waals surface area (Å²) in [6.07, 6.45) is 2.46. The predicted molar refractivity (Wildman–Crippen MR) is 56.1 cm³/mol. The van der Waals surface area contributed by atoms with Gasteiger partial charge in [-0.1, -0.05) is 0 Å². The maximum atomic E-state index is 11.1. The number of rotatable bonds is 4. The van der Waals surface area contributed by atoms with Crippen molar-refractivity contribution in [2.24, 2.45) is 0 Å². The van der Waals surface area contributed by atoms with Crippen molar-refractivity contribution in [1.29, 1.82) is 0 Å². The van der Waals surface area contributed by atoms with E-state index in [0.717, 1.165) is 6.26 Å². The van der Waals surface area contributed by atoms with Crippen LogP contribution in [0.2, 0.25) is 0 Å². The van der Waals surface area contributed by atoms with E-state index in [-0.39, 0.29) is 17.9 Å². The lowest BCUT2D eigenvalue weighted by atomic mass is 10.3. The van der Waals surface area contributed by atoms with Gasteiger partial charge in [0, 0.05) is 0 Å². The Kier molecular flexibility index (Phi) is 3.09. The number of esters is 1. The van der Waals surface area contributed by atoms with Crippen molar-refractivity contribution < 1.29 is 23.8 Å². The second kappa shape index (κ2) is 4.70. The van der Waals surface area contributed by atoms with Crippen LogP contribution in [0, 0.1) is 0 Å². The molecule has 0 unspecified atom stereocenters. The molecule has 0 spiro atoms. The van der Waals surface area contributed by atoms with Gasteiger partial charge in [0.15, 0.2) is 0 Å². The zero-order chi connectivity index (χ0) is 13.1. The number of furan rings is 1. The topological polar surface area (TPSA) is 107 Å². The summed E-state index contributed by atoms with van der Waals surface area (Å²) in [6, 6.07) is 1.38. The van der Waals surface area contributed by atoms with Gasteiger partial charge in [-0.15, -0.1) is 5.10 Å². The van der Waals surface area contributed by atoms with Crippen LogP contribution < -0.4 is 0 Å². The van der Waals surface area contributed by atoms with Crippen LogP contribution >= 0.6 is 0 Å². The molecule has 0 saturated heterocycles. The van der Waals surface area contributed by atoms with Crippen molar-refractivity contribution in [3.8, 4) is 0 Å². The highest BCUT2D eigenvalue weighted by molar-refractivity contribution is 5.87. The summed E-state index contributed by atoms with van der Waals surface area (Å²) < 4.78 is 10.8.